The molecule has 1 aliphatic carbocycles. The summed E-state index contributed by atoms with van der Waals surface area (Å²) >= 11 is 0. The van der Waals surface area contributed by atoms with Gasteiger partial charge in [-0.25, -0.2) is 9.18 Å². The predicted octanol–water partition coefficient (Wildman–Crippen LogP) is 2.05. The monoisotopic (exact) mass is 278 g/mol. The van der Waals surface area contributed by atoms with Crippen LogP contribution in [0.15, 0.2) is 23.1 Å². The van der Waals surface area contributed by atoms with Crippen molar-refractivity contribution in [3.63, 3.8) is 0 Å². The standard InChI is InChI=1S/C14H15FN2O3/c1-3-4-16-17-7-11-10(5-9(18)6-12(11)15)13(8(17)2)14(19)20/h5-7,16H,3-4H2,1-2H3,(H,19,20). The summed E-state index contributed by atoms with van der Waals surface area (Å²) in [5, 5.41) is 9.33. The number of aromatic carboxylic acids is 1. The highest BCUT2D eigenvalue weighted by atomic mass is 19.1. The van der Waals surface area contributed by atoms with Gasteiger partial charge in [0.15, 0.2) is 5.43 Å². The highest BCUT2D eigenvalue weighted by Gasteiger charge is 2.22. The van der Waals surface area contributed by atoms with Crippen LogP contribution in [-0.2, 0) is 0 Å². The number of carboxylic acid groups (broad SMARTS) is 1. The van der Waals surface area contributed by atoms with Crippen LogP contribution in [0.1, 0.15) is 29.4 Å². The molecule has 0 unspecified atom stereocenters. The lowest BCUT2D eigenvalue weighted by molar-refractivity contribution is 0.0696. The number of fused-ring (bicyclic) bond motifs is 1. The third kappa shape index (κ3) is 2.36. The molecule has 0 bridgehead atoms. The molecule has 0 saturated carbocycles. The molecule has 106 valence electrons. The molecule has 0 radical (unpaired) electrons. The van der Waals surface area contributed by atoms with Gasteiger partial charge in [0.05, 0.1) is 11.3 Å². The maximum atomic E-state index is 13.9. The number of hydrogen-bond acceptors (Lipinski definition) is 3. The van der Waals surface area contributed by atoms with Crippen LogP contribution in [0, 0.1) is 12.7 Å². The molecule has 2 N–H and O–H groups in total. The summed E-state index contributed by atoms with van der Waals surface area (Å²) in [5.41, 5.74) is 3.04. The molecule has 1 heterocycles. The molecular weight excluding hydrogens is 263 g/mol. The molecule has 0 spiro atoms. The Labute approximate surface area is 115 Å². The van der Waals surface area contributed by atoms with Gasteiger partial charge in [0.1, 0.15) is 5.82 Å². The first kappa shape index (κ1) is 14.0. The summed E-state index contributed by atoms with van der Waals surface area (Å²) in [5.74, 6) is -1.91. The van der Waals surface area contributed by atoms with Crippen LogP contribution < -0.4 is 10.9 Å². The number of halogens is 1. The van der Waals surface area contributed by atoms with Gasteiger partial charge in [-0.2, -0.15) is 0 Å². The van der Waals surface area contributed by atoms with E-state index < -0.39 is 17.2 Å². The molecule has 0 amide bonds. The van der Waals surface area contributed by atoms with E-state index in [-0.39, 0.29) is 16.7 Å². The lowest BCUT2D eigenvalue weighted by Gasteiger charge is -2.20. The topological polar surface area (TPSA) is 71.3 Å². The van der Waals surface area contributed by atoms with E-state index in [0.717, 1.165) is 18.6 Å². The first-order valence-electron chi connectivity index (χ1n) is 6.28. The van der Waals surface area contributed by atoms with Crippen molar-refractivity contribution in [2.45, 2.75) is 20.3 Å². The number of aromatic nitrogens is 1. The summed E-state index contributed by atoms with van der Waals surface area (Å²) in [6.45, 7) is 4.20. The van der Waals surface area contributed by atoms with Gasteiger partial charge in [0.25, 0.3) is 0 Å². The van der Waals surface area contributed by atoms with Gasteiger partial charge in [0.2, 0.25) is 0 Å². The second-order valence-electron chi connectivity index (χ2n) is 4.54. The lowest BCUT2D eigenvalue weighted by atomic mass is 9.97. The van der Waals surface area contributed by atoms with Crippen LogP contribution >= 0.6 is 0 Å². The maximum absolute atomic E-state index is 13.9. The zero-order valence-corrected chi connectivity index (χ0v) is 11.2. The highest BCUT2D eigenvalue weighted by molar-refractivity contribution is 5.97. The van der Waals surface area contributed by atoms with Crippen molar-refractivity contribution in [1.29, 1.82) is 0 Å². The summed E-state index contributed by atoms with van der Waals surface area (Å²) < 4.78 is 15.4. The van der Waals surface area contributed by atoms with Crippen LogP contribution in [0.25, 0.3) is 11.1 Å². The predicted molar refractivity (Wildman–Crippen MR) is 73.5 cm³/mol. The van der Waals surface area contributed by atoms with Crippen LogP contribution in [0.2, 0.25) is 0 Å². The average molecular weight is 278 g/mol. The highest BCUT2D eigenvalue weighted by Crippen LogP contribution is 2.29. The van der Waals surface area contributed by atoms with E-state index in [1.165, 1.54) is 10.9 Å². The summed E-state index contributed by atoms with van der Waals surface area (Å²) in [6, 6.07) is 2.01. The molecule has 0 saturated heterocycles. The zero-order chi connectivity index (χ0) is 14.9. The first-order valence-corrected chi connectivity index (χ1v) is 6.28. The SMILES string of the molecule is CCCNn1cc2c(F)cc(=O)cc-2c(C(=O)O)c1C. The molecule has 0 aromatic carbocycles. The summed E-state index contributed by atoms with van der Waals surface area (Å²) in [7, 11) is 0. The quantitative estimate of drug-likeness (QED) is 0.898. The number of nitrogens with zero attached hydrogens (tertiary/aromatic N) is 1. The minimum absolute atomic E-state index is 0.0669. The number of carbonyl (C=O) groups is 1. The number of rotatable bonds is 4. The lowest BCUT2D eigenvalue weighted by Crippen LogP contribution is -2.23. The molecule has 0 aromatic rings. The Morgan fingerprint density at radius 2 is 2.10 bits per heavy atom. The van der Waals surface area contributed by atoms with Gasteiger partial charge in [-0.3, -0.25) is 9.47 Å². The molecule has 0 atom stereocenters. The first-order chi connectivity index (χ1) is 9.45. The molecule has 1 aliphatic heterocycles. The van der Waals surface area contributed by atoms with Gasteiger partial charge in [-0.1, -0.05) is 6.92 Å². The van der Waals surface area contributed by atoms with Gasteiger partial charge in [-0.05, 0) is 19.4 Å². The van der Waals surface area contributed by atoms with E-state index in [1.54, 1.807) is 6.92 Å². The molecule has 6 heteroatoms. The summed E-state index contributed by atoms with van der Waals surface area (Å²) in [4.78, 5) is 22.8. The van der Waals surface area contributed by atoms with Gasteiger partial charge >= 0.3 is 5.97 Å². The third-order valence-electron chi connectivity index (χ3n) is 3.10. The largest absolute Gasteiger partial charge is 0.478 e. The van der Waals surface area contributed by atoms with Crippen LogP contribution in [0.5, 0.6) is 0 Å². The second-order valence-corrected chi connectivity index (χ2v) is 4.54. The molecule has 5 nitrogen and oxygen atoms in total. The van der Waals surface area contributed by atoms with Crippen molar-refractivity contribution in [1.82, 2.24) is 4.68 Å². The Morgan fingerprint density at radius 1 is 1.40 bits per heavy atom. The Kier molecular flexibility index (Phi) is 3.74. The Bertz CT molecular complexity index is 694. The number of hydrogen-bond donors (Lipinski definition) is 2. The van der Waals surface area contributed by atoms with Crippen molar-refractivity contribution in [3.05, 3.63) is 45.6 Å². The van der Waals surface area contributed by atoms with E-state index >= 15 is 0 Å². The fourth-order valence-corrected chi connectivity index (χ4v) is 2.14. The van der Waals surface area contributed by atoms with Gasteiger partial charge < -0.3 is 10.5 Å². The van der Waals surface area contributed by atoms with E-state index in [4.69, 9.17) is 0 Å². The molecular formula is C14H15FN2O3. The van der Waals surface area contributed by atoms with Gasteiger partial charge in [0, 0.05) is 29.9 Å². The van der Waals surface area contributed by atoms with Crippen molar-refractivity contribution in [2.75, 3.05) is 12.0 Å². The number of carboxylic acids is 1. The number of pyridine rings is 1. The normalized spacial score (nSPS) is 10.8. The van der Waals surface area contributed by atoms with Crippen molar-refractivity contribution < 1.29 is 14.3 Å². The second kappa shape index (κ2) is 5.32. The van der Waals surface area contributed by atoms with Crippen molar-refractivity contribution in [3.8, 4) is 11.1 Å². The Hall–Kier alpha value is -2.37. The fourth-order valence-electron chi connectivity index (χ4n) is 2.14. The molecule has 20 heavy (non-hydrogen) atoms. The Morgan fingerprint density at radius 3 is 2.70 bits per heavy atom. The van der Waals surface area contributed by atoms with E-state index in [9.17, 15) is 19.1 Å². The van der Waals surface area contributed by atoms with E-state index in [0.29, 0.717) is 12.2 Å². The minimum Gasteiger partial charge on any atom is -0.478 e. The molecule has 0 aromatic heterocycles. The smallest absolute Gasteiger partial charge is 0.338 e. The van der Waals surface area contributed by atoms with Gasteiger partial charge in [-0.15, -0.1) is 0 Å². The van der Waals surface area contributed by atoms with Crippen LogP contribution in [0.3, 0.4) is 0 Å². The van der Waals surface area contributed by atoms with E-state index in [2.05, 4.69) is 5.43 Å². The minimum atomic E-state index is -1.19. The molecule has 0 fully saturated rings. The third-order valence-corrected chi connectivity index (χ3v) is 3.10. The number of nitrogens with one attached hydrogen (secondary N) is 1. The van der Waals surface area contributed by atoms with Crippen molar-refractivity contribution in [2.24, 2.45) is 0 Å². The molecule has 2 aliphatic rings. The summed E-state index contributed by atoms with van der Waals surface area (Å²) in [6.07, 6.45) is 2.32. The van der Waals surface area contributed by atoms with Crippen molar-refractivity contribution >= 4 is 5.97 Å². The zero-order valence-electron chi connectivity index (χ0n) is 11.2. The maximum Gasteiger partial charge on any atom is 0.338 e. The fraction of sp³-hybridized carbons (Fsp3) is 0.286. The molecule has 2 rings (SSSR count). The Balaban J connectivity index is 2.79. The average Bonchev–Trinajstić information content (AvgIpc) is 2.36. The van der Waals surface area contributed by atoms with Crippen LogP contribution in [0.4, 0.5) is 4.39 Å². The number of benzene rings is 1. The van der Waals surface area contributed by atoms with Crippen LogP contribution in [-0.4, -0.2) is 22.3 Å². The van der Waals surface area contributed by atoms with E-state index in [1.807, 2.05) is 6.92 Å².